The fourth-order valence-corrected chi connectivity index (χ4v) is 1.54. The van der Waals surface area contributed by atoms with Crippen LogP contribution in [-0.2, 0) is 4.74 Å². The molecule has 0 amide bonds. The number of hydrogen-bond donors (Lipinski definition) is 0. The third-order valence-corrected chi connectivity index (χ3v) is 2.41. The van der Waals surface area contributed by atoms with E-state index in [-0.39, 0.29) is 23.7 Å². The molecule has 2 rings (SSSR count). The monoisotopic (exact) mass is 259 g/mol. The number of nitriles is 1. The quantitative estimate of drug-likeness (QED) is 0.791. The van der Waals surface area contributed by atoms with Gasteiger partial charge in [-0.05, 0) is 31.2 Å². The number of rotatable bonds is 3. The molecule has 0 bridgehead atoms. The van der Waals surface area contributed by atoms with E-state index in [9.17, 15) is 9.18 Å². The summed E-state index contributed by atoms with van der Waals surface area (Å²) in [6.45, 7) is 1.89. The van der Waals surface area contributed by atoms with E-state index >= 15 is 0 Å². The first-order chi connectivity index (χ1) is 9.15. The zero-order valence-electron chi connectivity index (χ0n) is 10.1. The van der Waals surface area contributed by atoms with Crippen LogP contribution in [-0.4, -0.2) is 22.4 Å². The normalized spacial score (nSPS) is 9.95. The minimum Gasteiger partial charge on any atom is -0.462 e. The highest BCUT2D eigenvalue weighted by molar-refractivity contribution is 5.91. The minimum atomic E-state index is -0.604. The lowest BCUT2D eigenvalue weighted by Gasteiger charge is -2.00. The van der Waals surface area contributed by atoms with Gasteiger partial charge in [-0.25, -0.2) is 13.9 Å². The van der Waals surface area contributed by atoms with E-state index in [2.05, 4.69) is 5.10 Å². The average molecular weight is 259 g/mol. The molecule has 0 saturated carbocycles. The van der Waals surface area contributed by atoms with Crippen LogP contribution in [0.5, 0.6) is 0 Å². The Hall–Kier alpha value is -2.68. The van der Waals surface area contributed by atoms with Crippen molar-refractivity contribution in [3.8, 4) is 11.8 Å². The molecule has 0 spiro atoms. The Kier molecular flexibility index (Phi) is 3.57. The van der Waals surface area contributed by atoms with Gasteiger partial charge in [-0.15, -0.1) is 0 Å². The molecular formula is C13H10FN3O2. The number of hydrogen-bond acceptors (Lipinski definition) is 4. The van der Waals surface area contributed by atoms with Crippen LogP contribution in [0.2, 0.25) is 0 Å². The van der Waals surface area contributed by atoms with E-state index in [4.69, 9.17) is 10.00 Å². The van der Waals surface area contributed by atoms with E-state index in [1.807, 2.05) is 6.07 Å². The molecule has 5 nitrogen and oxygen atoms in total. The molecule has 1 aromatic heterocycles. The van der Waals surface area contributed by atoms with Crippen molar-refractivity contribution in [2.45, 2.75) is 6.92 Å². The summed E-state index contributed by atoms with van der Waals surface area (Å²) >= 11 is 0. The van der Waals surface area contributed by atoms with Crippen LogP contribution in [0.4, 0.5) is 4.39 Å². The van der Waals surface area contributed by atoms with Crippen LogP contribution < -0.4 is 0 Å². The van der Waals surface area contributed by atoms with E-state index < -0.39 is 5.97 Å². The molecule has 0 radical (unpaired) electrons. The molecule has 1 heterocycles. The summed E-state index contributed by atoms with van der Waals surface area (Å²) in [6, 6.07) is 7.37. The number of carbonyl (C=O) groups is 1. The Morgan fingerprint density at radius 3 is 2.74 bits per heavy atom. The highest BCUT2D eigenvalue weighted by Crippen LogP contribution is 2.13. The first kappa shape index (κ1) is 12.8. The average Bonchev–Trinajstić information content (AvgIpc) is 2.84. The summed E-state index contributed by atoms with van der Waals surface area (Å²) < 4.78 is 19.0. The standard InChI is InChI=1S/C13H10FN3O2/c1-2-19-13(18)11-8-17(16-12(11)7-15)10-5-3-9(14)4-6-10/h3-6,8H,2H2,1H3. The second kappa shape index (κ2) is 5.31. The van der Waals surface area contributed by atoms with Gasteiger partial charge in [0.1, 0.15) is 17.4 Å². The first-order valence-corrected chi connectivity index (χ1v) is 5.58. The molecule has 19 heavy (non-hydrogen) atoms. The predicted octanol–water partition coefficient (Wildman–Crippen LogP) is 2.06. The molecular weight excluding hydrogens is 249 g/mol. The van der Waals surface area contributed by atoms with E-state index in [0.29, 0.717) is 5.69 Å². The molecule has 0 saturated heterocycles. The summed E-state index contributed by atoms with van der Waals surface area (Å²) in [4.78, 5) is 11.6. The summed E-state index contributed by atoms with van der Waals surface area (Å²) in [7, 11) is 0. The van der Waals surface area contributed by atoms with E-state index in [0.717, 1.165) is 0 Å². The highest BCUT2D eigenvalue weighted by atomic mass is 19.1. The van der Waals surface area contributed by atoms with Crippen molar-refractivity contribution in [3.63, 3.8) is 0 Å². The smallest absolute Gasteiger partial charge is 0.342 e. The Bertz CT molecular complexity index is 641. The third kappa shape index (κ3) is 2.60. The Morgan fingerprint density at radius 2 is 2.16 bits per heavy atom. The van der Waals surface area contributed by atoms with Crippen molar-refractivity contribution in [1.82, 2.24) is 9.78 Å². The van der Waals surface area contributed by atoms with Gasteiger partial charge >= 0.3 is 5.97 Å². The molecule has 0 unspecified atom stereocenters. The molecule has 96 valence electrons. The fourth-order valence-electron chi connectivity index (χ4n) is 1.54. The lowest BCUT2D eigenvalue weighted by Crippen LogP contribution is -2.05. The van der Waals surface area contributed by atoms with E-state index in [1.54, 1.807) is 6.92 Å². The zero-order chi connectivity index (χ0) is 13.8. The van der Waals surface area contributed by atoms with Gasteiger partial charge in [-0.2, -0.15) is 10.4 Å². The maximum atomic E-state index is 12.8. The number of halogens is 1. The van der Waals surface area contributed by atoms with Gasteiger partial charge in [0, 0.05) is 6.20 Å². The lowest BCUT2D eigenvalue weighted by molar-refractivity contribution is 0.0526. The van der Waals surface area contributed by atoms with Crippen LogP contribution in [0.15, 0.2) is 30.5 Å². The largest absolute Gasteiger partial charge is 0.462 e. The van der Waals surface area contributed by atoms with Crippen molar-refractivity contribution in [2.24, 2.45) is 0 Å². The molecule has 0 aliphatic carbocycles. The van der Waals surface area contributed by atoms with Crippen LogP contribution in [0.25, 0.3) is 5.69 Å². The highest BCUT2D eigenvalue weighted by Gasteiger charge is 2.17. The fraction of sp³-hybridized carbons (Fsp3) is 0.154. The van der Waals surface area contributed by atoms with Gasteiger partial charge in [0.05, 0.1) is 12.3 Å². The number of esters is 1. The molecule has 0 aliphatic heterocycles. The second-order valence-electron chi connectivity index (χ2n) is 3.64. The van der Waals surface area contributed by atoms with Gasteiger partial charge in [0.25, 0.3) is 0 Å². The predicted molar refractivity (Wildman–Crippen MR) is 64.2 cm³/mol. The molecule has 6 heteroatoms. The van der Waals surface area contributed by atoms with Gasteiger partial charge in [0.15, 0.2) is 5.69 Å². The molecule has 1 aromatic carbocycles. The Balaban J connectivity index is 2.41. The third-order valence-electron chi connectivity index (χ3n) is 2.41. The van der Waals surface area contributed by atoms with Crippen molar-refractivity contribution in [3.05, 3.63) is 47.5 Å². The molecule has 0 N–H and O–H groups in total. The molecule has 0 atom stereocenters. The molecule has 2 aromatic rings. The van der Waals surface area contributed by atoms with Gasteiger partial charge in [0.2, 0.25) is 0 Å². The SMILES string of the molecule is CCOC(=O)c1cn(-c2ccc(F)cc2)nc1C#N. The van der Waals surface area contributed by atoms with Crippen LogP contribution in [0.1, 0.15) is 23.0 Å². The van der Waals surface area contributed by atoms with Gasteiger partial charge < -0.3 is 4.74 Å². The summed E-state index contributed by atoms with van der Waals surface area (Å²) in [5.74, 6) is -0.977. The van der Waals surface area contributed by atoms with Crippen molar-refractivity contribution in [1.29, 1.82) is 5.26 Å². The topological polar surface area (TPSA) is 67.9 Å². The number of ether oxygens (including phenoxy) is 1. The van der Waals surface area contributed by atoms with Crippen molar-refractivity contribution < 1.29 is 13.9 Å². The maximum Gasteiger partial charge on any atom is 0.342 e. The number of carbonyl (C=O) groups excluding carboxylic acids is 1. The van der Waals surface area contributed by atoms with Crippen molar-refractivity contribution >= 4 is 5.97 Å². The maximum absolute atomic E-state index is 12.8. The first-order valence-electron chi connectivity index (χ1n) is 5.58. The van der Waals surface area contributed by atoms with Crippen molar-refractivity contribution in [2.75, 3.05) is 6.61 Å². The van der Waals surface area contributed by atoms with Gasteiger partial charge in [-0.3, -0.25) is 0 Å². The Morgan fingerprint density at radius 1 is 1.47 bits per heavy atom. The summed E-state index contributed by atoms with van der Waals surface area (Å²) in [5, 5.41) is 12.9. The molecule has 0 aliphatic rings. The Labute approximate surface area is 108 Å². The zero-order valence-corrected chi connectivity index (χ0v) is 10.1. The van der Waals surface area contributed by atoms with E-state index in [1.165, 1.54) is 35.1 Å². The van der Waals surface area contributed by atoms with Crippen LogP contribution in [0.3, 0.4) is 0 Å². The number of aromatic nitrogens is 2. The van der Waals surface area contributed by atoms with Crippen LogP contribution in [0, 0.1) is 17.1 Å². The number of benzene rings is 1. The van der Waals surface area contributed by atoms with Gasteiger partial charge in [-0.1, -0.05) is 0 Å². The molecule has 0 fully saturated rings. The lowest BCUT2D eigenvalue weighted by atomic mass is 10.2. The van der Waals surface area contributed by atoms with Crippen LogP contribution >= 0.6 is 0 Å². The number of nitrogens with zero attached hydrogens (tertiary/aromatic N) is 3. The summed E-state index contributed by atoms with van der Waals surface area (Å²) in [5.41, 5.74) is 0.616. The minimum absolute atomic E-state index is 0.0252. The summed E-state index contributed by atoms with van der Waals surface area (Å²) in [6.07, 6.45) is 1.39. The second-order valence-corrected chi connectivity index (χ2v) is 3.64.